The van der Waals surface area contributed by atoms with Gasteiger partial charge in [-0.3, -0.25) is 0 Å². The maximum Gasteiger partial charge on any atom is 0.120 e. The Hall–Kier alpha value is -1.69. The minimum Gasteiger partial charge on any atom is -0.497 e. The second kappa shape index (κ2) is 5.13. The van der Waals surface area contributed by atoms with Crippen molar-refractivity contribution in [1.82, 2.24) is 0 Å². The van der Waals surface area contributed by atoms with Crippen LogP contribution in [0.15, 0.2) is 24.3 Å². The maximum atomic E-state index is 8.60. The summed E-state index contributed by atoms with van der Waals surface area (Å²) in [6.45, 7) is 2.54. The lowest BCUT2D eigenvalue weighted by Gasteiger charge is -2.08. The highest BCUT2D eigenvalue weighted by Gasteiger charge is 1.99. The molecule has 14 heavy (non-hydrogen) atoms. The number of anilines is 1. The summed E-state index contributed by atoms with van der Waals surface area (Å²) in [4.78, 5) is 0. The summed E-state index contributed by atoms with van der Waals surface area (Å²) in [6.07, 6.45) is 0. The van der Waals surface area contributed by atoms with Crippen LogP contribution in [0, 0.1) is 17.2 Å². The lowest BCUT2D eigenvalue weighted by atomic mass is 10.2. The van der Waals surface area contributed by atoms with E-state index in [9.17, 15) is 0 Å². The van der Waals surface area contributed by atoms with Gasteiger partial charge in [0.05, 0.1) is 19.1 Å². The topological polar surface area (TPSA) is 45.0 Å². The molecule has 74 valence electrons. The van der Waals surface area contributed by atoms with Crippen LogP contribution in [-0.2, 0) is 0 Å². The zero-order chi connectivity index (χ0) is 10.4. The fourth-order valence-electron chi connectivity index (χ4n) is 1.05. The molecule has 0 amide bonds. The Labute approximate surface area is 84.3 Å². The van der Waals surface area contributed by atoms with Crippen molar-refractivity contribution < 1.29 is 4.74 Å². The number of hydrogen-bond acceptors (Lipinski definition) is 3. The first kappa shape index (κ1) is 10.4. The smallest absolute Gasteiger partial charge is 0.120 e. The van der Waals surface area contributed by atoms with Gasteiger partial charge < -0.3 is 10.1 Å². The van der Waals surface area contributed by atoms with Crippen LogP contribution in [-0.4, -0.2) is 13.7 Å². The molecule has 0 saturated heterocycles. The highest BCUT2D eigenvalue weighted by molar-refractivity contribution is 5.48. The van der Waals surface area contributed by atoms with Crippen molar-refractivity contribution in [3.05, 3.63) is 24.3 Å². The molecule has 1 rings (SSSR count). The van der Waals surface area contributed by atoms with Crippen LogP contribution in [0.5, 0.6) is 5.75 Å². The zero-order valence-corrected chi connectivity index (χ0v) is 8.45. The number of nitriles is 1. The normalized spacial score (nSPS) is 11.5. The molecule has 1 unspecified atom stereocenters. The van der Waals surface area contributed by atoms with Crippen LogP contribution < -0.4 is 10.1 Å². The van der Waals surface area contributed by atoms with Gasteiger partial charge in [-0.1, -0.05) is 6.07 Å². The summed E-state index contributed by atoms with van der Waals surface area (Å²) in [5.74, 6) is 0.834. The van der Waals surface area contributed by atoms with Crippen molar-refractivity contribution >= 4 is 5.69 Å². The molecule has 0 saturated carbocycles. The van der Waals surface area contributed by atoms with E-state index in [0.29, 0.717) is 6.54 Å². The first-order valence-corrected chi connectivity index (χ1v) is 4.54. The fraction of sp³-hybridized carbons (Fsp3) is 0.364. The Balaban J connectivity index is 2.55. The Morgan fingerprint density at radius 1 is 1.57 bits per heavy atom. The maximum absolute atomic E-state index is 8.60. The summed E-state index contributed by atoms with van der Waals surface area (Å²) in [6, 6.07) is 9.83. The van der Waals surface area contributed by atoms with Gasteiger partial charge in [0.1, 0.15) is 5.75 Å². The van der Waals surface area contributed by atoms with Crippen LogP contribution >= 0.6 is 0 Å². The summed E-state index contributed by atoms with van der Waals surface area (Å²) in [7, 11) is 1.64. The van der Waals surface area contributed by atoms with Gasteiger partial charge in [0.2, 0.25) is 0 Å². The van der Waals surface area contributed by atoms with Crippen molar-refractivity contribution in [1.29, 1.82) is 5.26 Å². The van der Waals surface area contributed by atoms with Gasteiger partial charge in [0, 0.05) is 18.3 Å². The minimum absolute atomic E-state index is 0.0150. The van der Waals surface area contributed by atoms with E-state index in [-0.39, 0.29) is 5.92 Å². The Bertz CT molecular complexity index is 330. The van der Waals surface area contributed by atoms with Gasteiger partial charge in [-0.2, -0.15) is 5.26 Å². The van der Waals surface area contributed by atoms with Crippen molar-refractivity contribution in [3.63, 3.8) is 0 Å². The largest absolute Gasteiger partial charge is 0.497 e. The molecule has 0 aliphatic heterocycles. The summed E-state index contributed by atoms with van der Waals surface area (Å²) in [5, 5.41) is 11.8. The third-order valence-corrected chi connectivity index (χ3v) is 1.90. The SMILES string of the molecule is COc1cccc(NCC(C)C#N)c1. The number of rotatable bonds is 4. The molecular formula is C11H14N2O. The molecule has 0 aliphatic rings. The van der Waals surface area contributed by atoms with Gasteiger partial charge in [0.15, 0.2) is 0 Å². The molecule has 0 radical (unpaired) electrons. The van der Waals surface area contributed by atoms with E-state index in [2.05, 4.69) is 11.4 Å². The molecule has 1 aromatic rings. The van der Waals surface area contributed by atoms with Gasteiger partial charge in [-0.05, 0) is 19.1 Å². The molecule has 0 aliphatic carbocycles. The van der Waals surface area contributed by atoms with Crippen molar-refractivity contribution in [2.75, 3.05) is 19.0 Å². The second-order valence-electron chi connectivity index (χ2n) is 3.14. The number of nitrogens with one attached hydrogen (secondary N) is 1. The van der Waals surface area contributed by atoms with Crippen LogP contribution in [0.25, 0.3) is 0 Å². The molecule has 0 heterocycles. The minimum atomic E-state index is 0.0150. The summed E-state index contributed by atoms with van der Waals surface area (Å²) in [5.41, 5.74) is 0.978. The van der Waals surface area contributed by atoms with Crippen molar-refractivity contribution in [3.8, 4) is 11.8 Å². The molecular weight excluding hydrogens is 176 g/mol. The predicted octanol–water partition coefficient (Wildman–Crippen LogP) is 2.27. The molecule has 0 fully saturated rings. The van der Waals surface area contributed by atoms with Crippen LogP contribution in [0.2, 0.25) is 0 Å². The first-order valence-electron chi connectivity index (χ1n) is 4.54. The monoisotopic (exact) mass is 190 g/mol. The van der Waals surface area contributed by atoms with E-state index in [4.69, 9.17) is 10.00 Å². The third-order valence-electron chi connectivity index (χ3n) is 1.90. The molecule has 0 spiro atoms. The van der Waals surface area contributed by atoms with E-state index in [1.807, 2.05) is 31.2 Å². The highest BCUT2D eigenvalue weighted by Crippen LogP contribution is 2.16. The quantitative estimate of drug-likeness (QED) is 0.792. The van der Waals surface area contributed by atoms with E-state index in [1.165, 1.54) is 0 Å². The van der Waals surface area contributed by atoms with E-state index in [0.717, 1.165) is 11.4 Å². The van der Waals surface area contributed by atoms with Crippen LogP contribution in [0.3, 0.4) is 0 Å². The molecule has 1 N–H and O–H groups in total. The number of benzene rings is 1. The van der Waals surface area contributed by atoms with Crippen LogP contribution in [0.1, 0.15) is 6.92 Å². The average Bonchev–Trinajstić information content (AvgIpc) is 2.26. The molecule has 3 heteroatoms. The summed E-state index contributed by atoms with van der Waals surface area (Å²) < 4.78 is 5.08. The number of methoxy groups -OCH3 is 1. The molecule has 3 nitrogen and oxygen atoms in total. The number of hydrogen-bond donors (Lipinski definition) is 1. The van der Waals surface area contributed by atoms with Crippen LogP contribution in [0.4, 0.5) is 5.69 Å². The van der Waals surface area contributed by atoms with Gasteiger partial charge in [0.25, 0.3) is 0 Å². The molecule has 1 atom stereocenters. The zero-order valence-electron chi connectivity index (χ0n) is 8.45. The predicted molar refractivity (Wildman–Crippen MR) is 56.3 cm³/mol. The Morgan fingerprint density at radius 2 is 2.36 bits per heavy atom. The number of nitrogens with zero attached hydrogens (tertiary/aromatic N) is 1. The van der Waals surface area contributed by atoms with Gasteiger partial charge >= 0.3 is 0 Å². The number of ether oxygens (including phenoxy) is 1. The van der Waals surface area contributed by atoms with E-state index >= 15 is 0 Å². The Kier molecular flexibility index (Phi) is 3.81. The molecule has 0 aromatic heterocycles. The third kappa shape index (κ3) is 2.98. The fourth-order valence-corrected chi connectivity index (χ4v) is 1.05. The molecule has 1 aromatic carbocycles. The van der Waals surface area contributed by atoms with Crippen molar-refractivity contribution in [2.24, 2.45) is 5.92 Å². The lowest BCUT2D eigenvalue weighted by molar-refractivity contribution is 0.415. The van der Waals surface area contributed by atoms with Gasteiger partial charge in [-0.15, -0.1) is 0 Å². The Morgan fingerprint density at radius 3 is 3.00 bits per heavy atom. The van der Waals surface area contributed by atoms with Crippen molar-refractivity contribution in [2.45, 2.75) is 6.92 Å². The lowest BCUT2D eigenvalue weighted by Crippen LogP contribution is -2.09. The van der Waals surface area contributed by atoms with E-state index in [1.54, 1.807) is 7.11 Å². The molecule has 0 bridgehead atoms. The highest BCUT2D eigenvalue weighted by atomic mass is 16.5. The second-order valence-corrected chi connectivity index (χ2v) is 3.14. The first-order chi connectivity index (χ1) is 6.76. The average molecular weight is 190 g/mol. The summed E-state index contributed by atoms with van der Waals surface area (Å²) >= 11 is 0. The van der Waals surface area contributed by atoms with E-state index < -0.39 is 0 Å². The standard InChI is InChI=1S/C11H14N2O/c1-9(7-12)8-13-10-4-3-5-11(6-10)14-2/h3-6,9,13H,8H2,1-2H3. The van der Waals surface area contributed by atoms with Gasteiger partial charge in [-0.25, -0.2) is 0 Å².